The van der Waals surface area contributed by atoms with Crippen LogP contribution in [-0.4, -0.2) is 34.7 Å². The summed E-state index contributed by atoms with van der Waals surface area (Å²) in [5.74, 6) is -1.68. The lowest BCUT2D eigenvalue weighted by atomic mass is 9.76. The van der Waals surface area contributed by atoms with Gasteiger partial charge in [-0.2, -0.15) is 0 Å². The number of carbonyl (C=O) groups excluding carboxylic acids is 3. The molecular weight excluding hydrogens is 330 g/mol. The van der Waals surface area contributed by atoms with Crippen LogP contribution in [0.2, 0.25) is 0 Å². The fourth-order valence-corrected chi connectivity index (χ4v) is 4.90. The number of amides is 3. The minimum atomic E-state index is -1.16. The second-order valence-electron chi connectivity index (χ2n) is 8.03. The molecule has 2 fully saturated rings. The van der Waals surface area contributed by atoms with Gasteiger partial charge in [0, 0.05) is 23.3 Å². The number of hydrogen-bond donors (Lipinski definition) is 2. The lowest BCUT2D eigenvalue weighted by Crippen LogP contribution is -2.54. The maximum atomic E-state index is 13.4. The van der Waals surface area contributed by atoms with Gasteiger partial charge in [-0.05, 0) is 25.3 Å². The Balaban J connectivity index is 1.90. The van der Waals surface area contributed by atoms with E-state index < -0.39 is 17.4 Å². The highest BCUT2D eigenvalue weighted by Gasteiger charge is 2.70. The quantitative estimate of drug-likeness (QED) is 0.812. The third kappa shape index (κ3) is 1.93. The van der Waals surface area contributed by atoms with Crippen molar-refractivity contribution >= 4 is 23.4 Å². The molecule has 2 saturated heterocycles. The van der Waals surface area contributed by atoms with E-state index >= 15 is 0 Å². The first-order valence-electron chi connectivity index (χ1n) is 9.40. The van der Waals surface area contributed by atoms with Crippen LogP contribution in [0.3, 0.4) is 0 Å². The van der Waals surface area contributed by atoms with Gasteiger partial charge in [0.15, 0.2) is 0 Å². The minimum absolute atomic E-state index is 0.121. The van der Waals surface area contributed by atoms with E-state index in [1.54, 1.807) is 0 Å². The highest BCUT2D eigenvalue weighted by molar-refractivity contribution is 6.15. The van der Waals surface area contributed by atoms with Crippen LogP contribution in [0.25, 0.3) is 0 Å². The Morgan fingerprint density at radius 3 is 2.46 bits per heavy atom. The molecule has 1 aromatic rings. The molecule has 4 rings (SSSR count). The van der Waals surface area contributed by atoms with Crippen LogP contribution in [0, 0.1) is 17.8 Å². The van der Waals surface area contributed by atoms with Crippen LogP contribution >= 0.6 is 0 Å². The van der Waals surface area contributed by atoms with Crippen molar-refractivity contribution in [3.05, 3.63) is 29.8 Å². The summed E-state index contributed by atoms with van der Waals surface area (Å²) in [6.45, 7) is 7.90. The number of anilines is 1. The summed E-state index contributed by atoms with van der Waals surface area (Å²) in [6, 6.07) is 7.07. The van der Waals surface area contributed by atoms with Gasteiger partial charge in [-0.1, -0.05) is 39.0 Å². The van der Waals surface area contributed by atoms with E-state index in [0.717, 1.165) is 11.3 Å². The number of rotatable bonds is 3. The SMILES string of the molecule is CC[C@H](C)N1C(=O)[C@@H]2[C@@H](C(C)C)N[C@]3(C(=O)Nc4ccccc43)[C@@H]2C1=O. The van der Waals surface area contributed by atoms with Gasteiger partial charge in [0.1, 0.15) is 5.54 Å². The van der Waals surface area contributed by atoms with Crippen molar-refractivity contribution in [1.82, 2.24) is 10.2 Å². The molecule has 3 aliphatic rings. The number of nitrogens with one attached hydrogen (secondary N) is 2. The van der Waals surface area contributed by atoms with Crippen LogP contribution in [0.15, 0.2) is 24.3 Å². The smallest absolute Gasteiger partial charge is 0.250 e. The summed E-state index contributed by atoms with van der Waals surface area (Å²) in [5.41, 5.74) is 0.330. The second kappa shape index (κ2) is 5.64. The predicted octanol–water partition coefficient (Wildman–Crippen LogP) is 1.86. The van der Waals surface area contributed by atoms with Gasteiger partial charge in [0.05, 0.1) is 11.8 Å². The Kier molecular flexibility index (Phi) is 3.74. The third-order valence-electron chi connectivity index (χ3n) is 6.34. The summed E-state index contributed by atoms with van der Waals surface area (Å²) in [5, 5.41) is 6.34. The molecule has 0 bridgehead atoms. The van der Waals surface area contributed by atoms with E-state index in [9.17, 15) is 14.4 Å². The summed E-state index contributed by atoms with van der Waals surface area (Å²) >= 11 is 0. The fourth-order valence-electron chi connectivity index (χ4n) is 4.90. The topological polar surface area (TPSA) is 78.5 Å². The van der Waals surface area contributed by atoms with Crippen LogP contribution < -0.4 is 10.6 Å². The first-order valence-corrected chi connectivity index (χ1v) is 9.40. The van der Waals surface area contributed by atoms with Crippen molar-refractivity contribution in [2.24, 2.45) is 17.8 Å². The first-order chi connectivity index (χ1) is 12.3. The molecule has 3 amide bonds. The molecule has 0 aliphatic carbocycles. The molecule has 0 radical (unpaired) electrons. The fraction of sp³-hybridized carbons (Fsp3) is 0.550. The van der Waals surface area contributed by atoms with Gasteiger partial charge in [0.2, 0.25) is 17.7 Å². The van der Waals surface area contributed by atoms with E-state index in [1.165, 1.54) is 4.90 Å². The van der Waals surface area contributed by atoms with Crippen LogP contribution in [0.4, 0.5) is 5.69 Å². The summed E-state index contributed by atoms with van der Waals surface area (Å²) in [7, 11) is 0. The minimum Gasteiger partial charge on any atom is -0.324 e. The molecule has 0 saturated carbocycles. The van der Waals surface area contributed by atoms with E-state index in [-0.39, 0.29) is 35.7 Å². The maximum absolute atomic E-state index is 13.4. The molecule has 6 heteroatoms. The van der Waals surface area contributed by atoms with Gasteiger partial charge in [-0.15, -0.1) is 0 Å². The lowest BCUT2D eigenvalue weighted by Gasteiger charge is -2.31. The second-order valence-corrected chi connectivity index (χ2v) is 8.03. The molecule has 6 nitrogen and oxygen atoms in total. The lowest BCUT2D eigenvalue weighted by molar-refractivity contribution is -0.145. The Morgan fingerprint density at radius 2 is 1.81 bits per heavy atom. The number of likely N-dealkylation sites (tertiary alicyclic amines) is 1. The predicted molar refractivity (Wildman–Crippen MR) is 97.1 cm³/mol. The standard InChI is InChI=1S/C20H25N3O3/c1-5-11(4)23-17(24)14-15(18(23)25)20(22-16(14)10(2)3)12-8-6-7-9-13(12)21-19(20)26/h6-11,14-16,22H,5H2,1-4H3,(H,21,26)/t11-,14-,15-,16+,20-/m0/s1. The van der Waals surface area contributed by atoms with E-state index in [1.807, 2.05) is 52.0 Å². The summed E-state index contributed by atoms with van der Waals surface area (Å²) in [6.07, 6.45) is 0.701. The molecule has 2 N–H and O–H groups in total. The van der Waals surface area contributed by atoms with Gasteiger partial charge in [-0.3, -0.25) is 24.6 Å². The summed E-state index contributed by atoms with van der Waals surface area (Å²) in [4.78, 5) is 41.1. The maximum Gasteiger partial charge on any atom is 0.250 e. The van der Waals surface area contributed by atoms with Crippen molar-refractivity contribution < 1.29 is 14.4 Å². The zero-order valence-corrected chi connectivity index (χ0v) is 15.6. The van der Waals surface area contributed by atoms with Crippen molar-refractivity contribution in [2.45, 2.75) is 51.7 Å². The number of nitrogens with zero attached hydrogens (tertiary/aromatic N) is 1. The van der Waals surface area contributed by atoms with Gasteiger partial charge in [0.25, 0.3) is 0 Å². The molecular formula is C20H25N3O3. The van der Waals surface area contributed by atoms with Crippen LogP contribution in [-0.2, 0) is 19.9 Å². The van der Waals surface area contributed by atoms with Gasteiger partial charge in [-0.25, -0.2) is 0 Å². The number of benzene rings is 1. The Labute approximate surface area is 153 Å². The number of para-hydroxylation sites is 1. The van der Waals surface area contributed by atoms with Crippen molar-refractivity contribution in [3.63, 3.8) is 0 Å². The monoisotopic (exact) mass is 355 g/mol. The van der Waals surface area contributed by atoms with E-state index in [2.05, 4.69) is 10.6 Å². The van der Waals surface area contributed by atoms with Crippen molar-refractivity contribution in [3.8, 4) is 0 Å². The third-order valence-corrected chi connectivity index (χ3v) is 6.34. The van der Waals surface area contributed by atoms with Crippen LogP contribution in [0.5, 0.6) is 0 Å². The summed E-state index contributed by atoms with van der Waals surface area (Å²) < 4.78 is 0. The number of fused-ring (bicyclic) bond motifs is 4. The number of imide groups is 1. The van der Waals surface area contributed by atoms with E-state index in [4.69, 9.17) is 0 Å². The molecule has 26 heavy (non-hydrogen) atoms. The molecule has 0 unspecified atom stereocenters. The highest BCUT2D eigenvalue weighted by atomic mass is 16.2. The van der Waals surface area contributed by atoms with Gasteiger partial charge >= 0.3 is 0 Å². The van der Waals surface area contributed by atoms with Gasteiger partial charge < -0.3 is 5.32 Å². The Bertz CT molecular complexity index is 805. The molecule has 3 heterocycles. The molecule has 1 spiro atoms. The largest absolute Gasteiger partial charge is 0.324 e. The molecule has 0 aromatic heterocycles. The molecule has 3 aliphatic heterocycles. The normalized spacial score (nSPS) is 33.8. The van der Waals surface area contributed by atoms with Crippen molar-refractivity contribution in [1.29, 1.82) is 0 Å². The van der Waals surface area contributed by atoms with Crippen molar-refractivity contribution in [2.75, 3.05) is 5.32 Å². The average molecular weight is 355 g/mol. The molecule has 5 atom stereocenters. The average Bonchev–Trinajstić information content (AvgIpc) is 3.20. The number of carbonyl (C=O) groups is 3. The highest BCUT2D eigenvalue weighted by Crippen LogP contribution is 2.54. The van der Waals surface area contributed by atoms with E-state index in [0.29, 0.717) is 6.42 Å². The Morgan fingerprint density at radius 1 is 1.12 bits per heavy atom. The zero-order chi connectivity index (χ0) is 18.8. The van der Waals surface area contributed by atoms with Crippen LogP contribution in [0.1, 0.15) is 39.7 Å². The number of hydrogen-bond acceptors (Lipinski definition) is 4. The first kappa shape index (κ1) is 17.2. The molecule has 138 valence electrons. The molecule has 1 aromatic carbocycles. The zero-order valence-electron chi connectivity index (χ0n) is 15.6. The Hall–Kier alpha value is -2.21.